The molecule has 0 amide bonds. The summed E-state index contributed by atoms with van der Waals surface area (Å²) in [5.41, 5.74) is -0.673. The molecule has 1 fully saturated rings. The Bertz CT molecular complexity index is 355. The average molecular weight is 247 g/mol. The van der Waals surface area contributed by atoms with E-state index in [4.69, 9.17) is 0 Å². The van der Waals surface area contributed by atoms with Gasteiger partial charge in [-0.1, -0.05) is 0 Å². The first-order chi connectivity index (χ1) is 8.05. The van der Waals surface area contributed by atoms with Gasteiger partial charge >= 0.3 is 6.18 Å². The lowest BCUT2D eigenvalue weighted by atomic mass is 10.3. The summed E-state index contributed by atoms with van der Waals surface area (Å²) in [7, 11) is 0. The van der Waals surface area contributed by atoms with Crippen molar-refractivity contribution >= 4 is 0 Å². The summed E-state index contributed by atoms with van der Waals surface area (Å²) in [6, 6.07) is 0.691. The fourth-order valence-electron chi connectivity index (χ4n) is 1.62. The number of nitrogens with one attached hydrogen (secondary N) is 1. The highest BCUT2D eigenvalue weighted by atomic mass is 19.4. The van der Waals surface area contributed by atoms with Crippen molar-refractivity contribution in [2.75, 3.05) is 6.54 Å². The minimum Gasteiger partial charge on any atom is -0.314 e. The maximum atomic E-state index is 12.3. The number of unbranched alkanes of at least 4 members (excludes halogenated alkanes) is 1. The molecule has 0 aromatic carbocycles. The molecule has 0 unspecified atom stereocenters. The zero-order valence-electron chi connectivity index (χ0n) is 9.50. The van der Waals surface area contributed by atoms with Gasteiger partial charge in [-0.3, -0.25) is 4.68 Å². The maximum absolute atomic E-state index is 12.3. The van der Waals surface area contributed by atoms with Crippen LogP contribution in [-0.2, 0) is 12.7 Å². The molecule has 6 heteroatoms. The van der Waals surface area contributed by atoms with Crippen LogP contribution >= 0.6 is 0 Å². The van der Waals surface area contributed by atoms with Gasteiger partial charge < -0.3 is 5.32 Å². The standard InChI is InChI=1S/C11H16F3N3/c12-11(13,14)9-7-16-17(8-9)6-2-1-5-15-10-3-4-10/h7-8,10,15H,1-6H2. The van der Waals surface area contributed by atoms with Gasteiger partial charge in [0, 0.05) is 18.8 Å². The van der Waals surface area contributed by atoms with E-state index in [9.17, 15) is 13.2 Å². The van der Waals surface area contributed by atoms with E-state index < -0.39 is 11.7 Å². The fraction of sp³-hybridized carbons (Fsp3) is 0.727. The third-order valence-corrected chi connectivity index (χ3v) is 2.78. The largest absolute Gasteiger partial charge is 0.419 e. The van der Waals surface area contributed by atoms with Crippen molar-refractivity contribution in [1.82, 2.24) is 15.1 Å². The van der Waals surface area contributed by atoms with Crippen LogP contribution in [-0.4, -0.2) is 22.4 Å². The lowest BCUT2D eigenvalue weighted by Gasteiger charge is -2.03. The number of rotatable bonds is 6. The molecule has 1 heterocycles. The first kappa shape index (κ1) is 12.4. The molecular formula is C11H16F3N3. The monoisotopic (exact) mass is 247 g/mol. The SMILES string of the molecule is FC(F)(F)c1cnn(CCCCNC2CC2)c1. The molecule has 1 aromatic rings. The van der Waals surface area contributed by atoms with Crippen LogP contribution in [0.2, 0.25) is 0 Å². The Kier molecular flexibility index (Phi) is 3.71. The van der Waals surface area contributed by atoms with Gasteiger partial charge in [-0.05, 0) is 32.2 Å². The lowest BCUT2D eigenvalue weighted by Crippen LogP contribution is -2.17. The molecule has 1 N–H and O–H groups in total. The summed E-state index contributed by atoms with van der Waals surface area (Å²) >= 11 is 0. The minimum absolute atomic E-state index is 0.544. The van der Waals surface area contributed by atoms with E-state index in [-0.39, 0.29) is 0 Å². The molecule has 3 nitrogen and oxygen atoms in total. The highest BCUT2D eigenvalue weighted by Gasteiger charge is 2.32. The molecule has 0 aliphatic heterocycles. The van der Waals surface area contributed by atoms with Crippen LogP contribution < -0.4 is 5.32 Å². The van der Waals surface area contributed by atoms with Crippen LogP contribution in [0.5, 0.6) is 0 Å². The number of aromatic nitrogens is 2. The molecule has 0 atom stereocenters. The van der Waals surface area contributed by atoms with E-state index in [1.165, 1.54) is 17.5 Å². The quantitative estimate of drug-likeness (QED) is 0.782. The second-order valence-electron chi connectivity index (χ2n) is 4.43. The van der Waals surface area contributed by atoms with Gasteiger partial charge in [-0.15, -0.1) is 0 Å². The summed E-state index contributed by atoms with van der Waals surface area (Å²) in [6.45, 7) is 1.49. The minimum atomic E-state index is -4.29. The number of halogens is 3. The first-order valence-electron chi connectivity index (χ1n) is 5.89. The van der Waals surface area contributed by atoms with Gasteiger partial charge in [0.25, 0.3) is 0 Å². The van der Waals surface area contributed by atoms with Gasteiger partial charge in [0.2, 0.25) is 0 Å². The number of alkyl halides is 3. The van der Waals surface area contributed by atoms with Crippen molar-refractivity contribution in [2.24, 2.45) is 0 Å². The number of nitrogens with zero attached hydrogens (tertiary/aromatic N) is 2. The summed E-state index contributed by atoms with van der Waals surface area (Å²) in [4.78, 5) is 0. The maximum Gasteiger partial charge on any atom is 0.419 e. The second-order valence-corrected chi connectivity index (χ2v) is 4.43. The molecule has 1 aromatic heterocycles. The Morgan fingerprint density at radius 1 is 1.35 bits per heavy atom. The Morgan fingerprint density at radius 3 is 2.71 bits per heavy atom. The van der Waals surface area contributed by atoms with Crippen LogP contribution in [0.15, 0.2) is 12.4 Å². The molecule has 1 aliphatic rings. The Balaban J connectivity index is 1.66. The summed E-state index contributed by atoms with van der Waals surface area (Å²) in [5, 5.41) is 7.07. The molecular weight excluding hydrogens is 231 g/mol. The molecule has 0 radical (unpaired) electrons. The zero-order valence-corrected chi connectivity index (χ0v) is 9.50. The Hall–Kier alpha value is -1.04. The predicted octanol–water partition coefficient (Wildman–Crippen LogP) is 2.43. The van der Waals surface area contributed by atoms with Crippen molar-refractivity contribution in [3.8, 4) is 0 Å². The normalized spacial score (nSPS) is 16.4. The van der Waals surface area contributed by atoms with Gasteiger partial charge in [0.15, 0.2) is 0 Å². The van der Waals surface area contributed by atoms with E-state index in [0.29, 0.717) is 12.6 Å². The van der Waals surface area contributed by atoms with Gasteiger partial charge in [0.1, 0.15) is 0 Å². The topological polar surface area (TPSA) is 29.9 Å². The molecule has 17 heavy (non-hydrogen) atoms. The number of aryl methyl sites for hydroxylation is 1. The fourth-order valence-corrected chi connectivity index (χ4v) is 1.62. The Morgan fingerprint density at radius 2 is 2.12 bits per heavy atom. The third kappa shape index (κ3) is 4.03. The van der Waals surface area contributed by atoms with Gasteiger partial charge in [-0.2, -0.15) is 18.3 Å². The molecule has 1 aliphatic carbocycles. The van der Waals surface area contributed by atoms with E-state index in [1.54, 1.807) is 0 Å². The first-order valence-corrected chi connectivity index (χ1v) is 5.89. The summed E-state index contributed by atoms with van der Waals surface area (Å²) < 4.78 is 38.2. The highest BCUT2D eigenvalue weighted by molar-refractivity contribution is 5.08. The van der Waals surface area contributed by atoms with E-state index in [1.807, 2.05) is 0 Å². The van der Waals surface area contributed by atoms with Crippen LogP contribution in [0.4, 0.5) is 13.2 Å². The molecule has 0 spiro atoms. The third-order valence-electron chi connectivity index (χ3n) is 2.78. The van der Waals surface area contributed by atoms with Crippen LogP contribution in [0.1, 0.15) is 31.2 Å². The van der Waals surface area contributed by atoms with Crippen LogP contribution in [0.3, 0.4) is 0 Å². The number of hydrogen-bond acceptors (Lipinski definition) is 2. The zero-order chi connectivity index (χ0) is 12.3. The lowest BCUT2D eigenvalue weighted by molar-refractivity contribution is -0.137. The summed E-state index contributed by atoms with van der Waals surface area (Å²) in [6.07, 6.45) is 1.99. The molecule has 1 saturated carbocycles. The van der Waals surface area contributed by atoms with Crippen molar-refractivity contribution in [2.45, 2.75) is 44.4 Å². The molecule has 0 bridgehead atoms. The average Bonchev–Trinajstić information content (AvgIpc) is 2.92. The molecule has 0 saturated heterocycles. The van der Waals surface area contributed by atoms with Crippen molar-refractivity contribution in [1.29, 1.82) is 0 Å². The van der Waals surface area contributed by atoms with Crippen LogP contribution in [0, 0.1) is 0 Å². The predicted molar refractivity (Wildman–Crippen MR) is 57.5 cm³/mol. The van der Waals surface area contributed by atoms with E-state index in [0.717, 1.165) is 31.8 Å². The van der Waals surface area contributed by atoms with E-state index in [2.05, 4.69) is 10.4 Å². The van der Waals surface area contributed by atoms with Crippen molar-refractivity contribution < 1.29 is 13.2 Å². The highest BCUT2D eigenvalue weighted by Crippen LogP contribution is 2.28. The van der Waals surface area contributed by atoms with Crippen molar-refractivity contribution in [3.05, 3.63) is 18.0 Å². The Labute approximate surface area is 98.0 Å². The number of hydrogen-bond donors (Lipinski definition) is 1. The van der Waals surface area contributed by atoms with Gasteiger partial charge in [0.05, 0.1) is 11.8 Å². The summed E-state index contributed by atoms with van der Waals surface area (Å²) in [5.74, 6) is 0. The van der Waals surface area contributed by atoms with E-state index >= 15 is 0 Å². The smallest absolute Gasteiger partial charge is 0.314 e. The molecule has 2 rings (SSSR count). The van der Waals surface area contributed by atoms with Crippen molar-refractivity contribution in [3.63, 3.8) is 0 Å². The van der Waals surface area contributed by atoms with Crippen LogP contribution in [0.25, 0.3) is 0 Å². The molecule has 96 valence electrons. The van der Waals surface area contributed by atoms with Gasteiger partial charge in [-0.25, -0.2) is 0 Å². The second kappa shape index (κ2) is 5.08.